The first-order chi connectivity index (χ1) is 17.4. The number of nitrogens with zero attached hydrogens (tertiary/aromatic N) is 3. The van der Waals surface area contributed by atoms with Crippen LogP contribution < -0.4 is 11.3 Å². The molecule has 0 unspecified atom stereocenters. The largest absolute Gasteiger partial charge is 0.368 e. The van der Waals surface area contributed by atoms with Crippen LogP contribution in [0.25, 0.3) is 10.9 Å². The molecular formula is C29H35FN4O2. The standard InChI is InChI=1S/C29H35FN4O2/c1-21-8-9-26-23(16-21)18-24(27(35)34(26)19-22-6-5-7-25(30)17-22)20-32-14-10-29(11-15-32,28(31)36)33-12-3-2-4-13-33/h5-9,16-18H,2-4,10-15,19-20H2,1H3,(H2,31,36). The number of likely N-dealkylation sites (tertiary alicyclic amines) is 2. The van der Waals surface area contributed by atoms with Gasteiger partial charge in [-0.15, -0.1) is 0 Å². The monoisotopic (exact) mass is 490 g/mol. The van der Waals surface area contributed by atoms with Crippen molar-refractivity contribution in [1.82, 2.24) is 14.4 Å². The van der Waals surface area contributed by atoms with Gasteiger partial charge in [-0.2, -0.15) is 0 Å². The second-order valence-corrected chi connectivity index (χ2v) is 10.5. The second-order valence-electron chi connectivity index (χ2n) is 10.5. The number of rotatable bonds is 6. The molecule has 1 aromatic heterocycles. The molecule has 0 radical (unpaired) electrons. The molecule has 5 rings (SSSR count). The lowest BCUT2D eigenvalue weighted by molar-refractivity contribution is -0.135. The molecule has 3 heterocycles. The lowest BCUT2D eigenvalue weighted by Crippen LogP contribution is -2.63. The van der Waals surface area contributed by atoms with Gasteiger partial charge in [0.2, 0.25) is 5.91 Å². The van der Waals surface area contributed by atoms with Crippen molar-refractivity contribution >= 4 is 16.8 Å². The lowest BCUT2D eigenvalue weighted by atomic mass is 9.83. The minimum atomic E-state index is -0.574. The van der Waals surface area contributed by atoms with E-state index in [2.05, 4.69) is 15.9 Å². The Morgan fingerprint density at radius 3 is 2.42 bits per heavy atom. The van der Waals surface area contributed by atoms with Crippen LogP contribution in [0, 0.1) is 12.7 Å². The highest BCUT2D eigenvalue weighted by atomic mass is 19.1. The molecule has 0 saturated carbocycles. The summed E-state index contributed by atoms with van der Waals surface area (Å²) in [7, 11) is 0. The fourth-order valence-electron chi connectivity index (χ4n) is 6.02. The average Bonchev–Trinajstić information content (AvgIpc) is 2.87. The molecule has 0 spiro atoms. The number of benzene rings is 2. The van der Waals surface area contributed by atoms with Gasteiger partial charge in [0.25, 0.3) is 5.56 Å². The highest BCUT2D eigenvalue weighted by Crippen LogP contribution is 2.32. The molecule has 2 aliphatic heterocycles. The number of hydrogen-bond acceptors (Lipinski definition) is 4. The zero-order valence-corrected chi connectivity index (χ0v) is 21.0. The molecule has 2 aromatic carbocycles. The quantitative estimate of drug-likeness (QED) is 0.571. The second kappa shape index (κ2) is 10.1. The number of amides is 1. The summed E-state index contributed by atoms with van der Waals surface area (Å²) < 4.78 is 15.6. The number of fused-ring (bicyclic) bond motifs is 1. The summed E-state index contributed by atoms with van der Waals surface area (Å²) in [4.78, 5) is 30.8. The van der Waals surface area contributed by atoms with E-state index < -0.39 is 5.54 Å². The Bertz CT molecular complexity index is 1320. The maximum Gasteiger partial charge on any atom is 0.255 e. The number of halogens is 1. The summed E-state index contributed by atoms with van der Waals surface area (Å²) in [5.41, 5.74) is 8.76. The number of pyridine rings is 1. The van der Waals surface area contributed by atoms with Gasteiger partial charge in [-0.05, 0) is 87.0 Å². The number of piperidine rings is 2. The molecule has 2 fully saturated rings. The van der Waals surface area contributed by atoms with Crippen LogP contribution in [0.3, 0.4) is 0 Å². The van der Waals surface area contributed by atoms with E-state index in [-0.39, 0.29) is 17.3 Å². The van der Waals surface area contributed by atoms with Crippen molar-refractivity contribution in [2.45, 2.75) is 57.7 Å². The van der Waals surface area contributed by atoms with Crippen LogP contribution in [0.4, 0.5) is 4.39 Å². The van der Waals surface area contributed by atoms with Crippen molar-refractivity contribution in [2.24, 2.45) is 5.73 Å². The molecule has 1 amide bonds. The molecular weight excluding hydrogens is 455 g/mol. The van der Waals surface area contributed by atoms with Gasteiger partial charge in [-0.1, -0.05) is 30.2 Å². The topological polar surface area (TPSA) is 71.6 Å². The van der Waals surface area contributed by atoms with Crippen molar-refractivity contribution < 1.29 is 9.18 Å². The van der Waals surface area contributed by atoms with Crippen molar-refractivity contribution in [3.63, 3.8) is 0 Å². The zero-order valence-electron chi connectivity index (χ0n) is 21.0. The Morgan fingerprint density at radius 2 is 1.72 bits per heavy atom. The number of carbonyl (C=O) groups is 1. The zero-order chi connectivity index (χ0) is 25.3. The molecule has 6 nitrogen and oxygen atoms in total. The molecule has 0 atom stereocenters. The van der Waals surface area contributed by atoms with E-state index in [1.54, 1.807) is 10.6 Å². The van der Waals surface area contributed by atoms with E-state index in [0.29, 0.717) is 44.6 Å². The molecule has 2 N–H and O–H groups in total. The Kier molecular flexibility index (Phi) is 6.95. The molecule has 0 aliphatic carbocycles. The molecule has 3 aromatic rings. The Balaban J connectivity index is 1.42. The average molecular weight is 491 g/mol. The number of nitrogens with two attached hydrogens (primary N) is 1. The van der Waals surface area contributed by atoms with Crippen molar-refractivity contribution in [3.8, 4) is 0 Å². The maximum absolute atomic E-state index is 13.8. The highest BCUT2D eigenvalue weighted by Gasteiger charge is 2.45. The summed E-state index contributed by atoms with van der Waals surface area (Å²) in [6.45, 7) is 6.15. The molecule has 0 bridgehead atoms. The van der Waals surface area contributed by atoms with E-state index in [1.165, 1.54) is 18.6 Å². The molecule has 36 heavy (non-hydrogen) atoms. The lowest BCUT2D eigenvalue weighted by Gasteiger charge is -2.48. The number of aromatic nitrogens is 1. The van der Waals surface area contributed by atoms with Crippen LogP contribution >= 0.6 is 0 Å². The Labute approximate surface area is 211 Å². The minimum absolute atomic E-state index is 0.0571. The number of carbonyl (C=O) groups excluding carboxylic acids is 1. The van der Waals surface area contributed by atoms with Crippen molar-refractivity contribution in [3.05, 3.63) is 81.4 Å². The first-order valence-electron chi connectivity index (χ1n) is 13.0. The van der Waals surface area contributed by atoms with E-state index >= 15 is 0 Å². The van der Waals surface area contributed by atoms with Crippen LogP contribution in [-0.4, -0.2) is 52.0 Å². The normalized spacial score (nSPS) is 18.9. The maximum atomic E-state index is 13.8. The Hall–Kier alpha value is -3.03. The van der Waals surface area contributed by atoms with Gasteiger partial charge >= 0.3 is 0 Å². The summed E-state index contributed by atoms with van der Waals surface area (Å²) in [5, 5.41) is 0.998. The summed E-state index contributed by atoms with van der Waals surface area (Å²) >= 11 is 0. The molecule has 7 heteroatoms. The van der Waals surface area contributed by atoms with Gasteiger partial charge in [-0.3, -0.25) is 19.4 Å². The van der Waals surface area contributed by atoms with Crippen LogP contribution in [0.15, 0.2) is 53.3 Å². The van der Waals surface area contributed by atoms with Crippen LogP contribution in [0.2, 0.25) is 0 Å². The third-order valence-electron chi connectivity index (χ3n) is 8.05. The third kappa shape index (κ3) is 4.82. The number of hydrogen-bond donors (Lipinski definition) is 1. The van der Waals surface area contributed by atoms with E-state index in [9.17, 15) is 14.0 Å². The fraction of sp³-hybridized carbons (Fsp3) is 0.448. The highest BCUT2D eigenvalue weighted by molar-refractivity contribution is 5.85. The van der Waals surface area contributed by atoms with Crippen molar-refractivity contribution in [1.29, 1.82) is 0 Å². The van der Waals surface area contributed by atoms with E-state index in [1.807, 2.05) is 31.2 Å². The molecule has 190 valence electrons. The third-order valence-corrected chi connectivity index (χ3v) is 8.05. The smallest absolute Gasteiger partial charge is 0.255 e. The predicted octanol–water partition coefficient (Wildman–Crippen LogP) is 3.80. The summed E-state index contributed by atoms with van der Waals surface area (Å²) in [5.74, 6) is -0.528. The van der Waals surface area contributed by atoms with Gasteiger partial charge in [0.15, 0.2) is 0 Å². The van der Waals surface area contributed by atoms with E-state index in [0.717, 1.165) is 48.0 Å². The van der Waals surface area contributed by atoms with Gasteiger partial charge < -0.3 is 10.3 Å². The van der Waals surface area contributed by atoms with E-state index in [4.69, 9.17) is 5.73 Å². The predicted molar refractivity (Wildman–Crippen MR) is 140 cm³/mol. The Morgan fingerprint density at radius 1 is 0.972 bits per heavy atom. The fourth-order valence-corrected chi connectivity index (χ4v) is 6.02. The SMILES string of the molecule is Cc1ccc2c(c1)cc(CN1CCC(C(N)=O)(N3CCCCC3)CC1)c(=O)n2Cc1cccc(F)c1. The van der Waals surface area contributed by atoms with Crippen LogP contribution in [-0.2, 0) is 17.9 Å². The summed E-state index contributed by atoms with van der Waals surface area (Å²) in [6.07, 6.45) is 4.81. The molecule has 2 aliphatic rings. The minimum Gasteiger partial charge on any atom is -0.368 e. The first-order valence-corrected chi connectivity index (χ1v) is 13.0. The number of aryl methyl sites for hydroxylation is 1. The summed E-state index contributed by atoms with van der Waals surface area (Å²) in [6, 6.07) is 14.5. The molecule has 2 saturated heterocycles. The van der Waals surface area contributed by atoms with Crippen LogP contribution in [0.1, 0.15) is 48.8 Å². The van der Waals surface area contributed by atoms with Crippen LogP contribution in [0.5, 0.6) is 0 Å². The number of primary amides is 1. The van der Waals surface area contributed by atoms with Gasteiger partial charge in [-0.25, -0.2) is 4.39 Å². The van der Waals surface area contributed by atoms with Gasteiger partial charge in [0.1, 0.15) is 11.4 Å². The van der Waals surface area contributed by atoms with Gasteiger partial charge in [0, 0.05) is 25.2 Å². The first kappa shape index (κ1) is 24.7. The van der Waals surface area contributed by atoms with Gasteiger partial charge in [0.05, 0.1) is 12.1 Å². The van der Waals surface area contributed by atoms with Crippen molar-refractivity contribution in [2.75, 3.05) is 26.2 Å².